The van der Waals surface area contributed by atoms with Crippen LogP contribution in [0.15, 0.2) is 46.0 Å². The van der Waals surface area contributed by atoms with Crippen molar-refractivity contribution in [1.82, 2.24) is 15.6 Å². The smallest absolute Gasteiger partial charge is 0.231 e. The van der Waals surface area contributed by atoms with Crippen molar-refractivity contribution in [1.29, 1.82) is 0 Å². The summed E-state index contributed by atoms with van der Waals surface area (Å²) in [6.07, 6.45) is 2.65. The lowest BCUT2D eigenvalue weighted by Gasteiger charge is -2.12. The van der Waals surface area contributed by atoms with Crippen LogP contribution in [0.1, 0.15) is 11.3 Å². The van der Waals surface area contributed by atoms with Gasteiger partial charge in [0.25, 0.3) is 0 Å². The van der Waals surface area contributed by atoms with E-state index in [9.17, 15) is 0 Å². The van der Waals surface area contributed by atoms with Gasteiger partial charge in [-0.25, -0.2) is 0 Å². The van der Waals surface area contributed by atoms with Crippen molar-refractivity contribution in [2.24, 2.45) is 4.99 Å². The molecular weight excluding hydrogens is 372 g/mol. The minimum Gasteiger partial charge on any atom is -0.454 e. The largest absolute Gasteiger partial charge is 0.454 e. The van der Waals surface area contributed by atoms with Crippen LogP contribution in [-0.2, 0) is 13.0 Å². The zero-order chi connectivity index (χ0) is 16.8. The van der Waals surface area contributed by atoms with E-state index in [1.807, 2.05) is 30.3 Å². The molecular formula is C17H19BrN4O2. The van der Waals surface area contributed by atoms with Gasteiger partial charge >= 0.3 is 0 Å². The summed E-state index contributed by atoms with van der Waals surface area (Å²) < 4.78 is 11.7. The number of ether oxygens (including phenoxy) is 2. The van der Waals surface area contributed by atoms with Crippen LogP contribution in [0.5, 0.6) is 11.5 Å². The Morgan fingerprint density at radius 3 is 3.00 bits per heavy atom. The minimum atomic E-state index is 0.265. The topological polar surface area (TPSA) is 67.8 Å². The predicted octanol–water partition coefficient (Wildman–Crippen LogP) is 2.48. The third-order valence-electron chi connectivity index (χ3n) is 3.57. The van der Waals surface area contributed by atoms with Gasteiger partial charge in [0, 0.05) is 38.4 Å². The molecule has 1 aliphatic rings. The maximum atomic E-state index is 5.43. The summed E-state index contributed by atoms with van der Waals surface area (Å²) in [5.74, 6) is 2.27. The quantitative estimate of drug-likeness (QED) is 0.606. The molecule has 0 saturated heterocycles. The molecule has 0 amide bonds. The summed E-state index contributed by atoms with van der Waals surface area (Å²) in [6.45, 7) is 1.67. The Labute approximate surface area is 149 Å². The van der Waals surface area contributed by atoms with Gasteiger partial charge in [0.1, 0.15) is 0 Å². The van der Waals surface area contributed by atoms with Crippen LogP contribution in [0.25, 0.3) is 0 Å². The zero-order valence-electron chi connectivity index (χ0n) is 13.4. The first-order valence-electron chi connectivity index (χ1n) is 7.68. The molecule has 24 heavy (non-hydrogen) atoms. The number of pyridine rings is 1. The molecule has 0 aliphatic carbocycles. The molecule has 126 valence electrons. The Morgan fingerprint density at radius 2 is 2.21 bits per heavy atom. The van der Waals surface area contributed by atoms with E-state index in [4.69, 9.17) is 9.47 Å². The Morgan fingerprint density at radius 1 is 1.29 bits per heavy atom. The molecule has 0 unspecified atom stereocenters. The monoisotopic (exact) mass is 390 g/mol. The first kappa shape index (κ1) is 16.6. The van der Waals surface area contributed by atoms with E-state index in [1.165, 1.54) is 0 Å². The average molecular weight is 391 g/mol. The number of nitrogens with one attached hydrogen (secondary N) is 2. The van der Waals surface area contributed by atoms with Crippen molar-refractivity contribution < 1.29 is 9.47 Å². The third kappa shape index (κ3) is 4.17. The summed E-state index contributed by atoms with van der Waals surface area (Å²) in [5, 5.41) is 6.58. The van der Waals surface area contributed by atoms with E-state index in [1.54, 1.807) is 13.2 Å². The summed E-state index contributed by atoms with van der Waals surface area (Å²) in [7, 11) is 1.76. The van der Waals surface area contributed by atoms with Crippen LogP contribution in [0.3, 0.4) is 0 Å². The van der Waals surface area contributed by atoms with E-state index in [0.717, 1.165) is 46.2 Å². The minimum absolute atomic E-state index is 0.265. The normalized spacial score (nSPS) is 13.0. The lowest BCUT2D eigenvalue weighted by molar-refractivity contribution is 0.173. The second-order valence-electron chi connectivity index (χ2n) is 5.24. The maximum Gasteiger partial charge on any atom is 0.231 e. The van der Waals surface area contributed by atoms with Crippen LogP contribution in [0.2, 0.25) is 0 Å². The number of halogens is 1. The first-order valence-corrected chi connectivity index (χ1v) is 8.48. The number of hydrogen-bond donors (Lipinski definition) is 2. The van der Waals surface area contributed by atoms with E-state index in [2.05, 4.69) is 36.5 Å². The van der Waals surface area contributed by atoms with Crippen molar-refractivity contribution in [3.8, 4) is 11.5 Å². The molecule has 0 spiro atoms. The van der Waals surface area contributed by atoms with Gasteiger partial charge in [0.2, 0.25) is 6.79 Å². The fraction of sp³-hybridized carbons (Fsp3) is 0.294. The SMILES string of the molecule is CN=C(NCCc1ccccn1)NCc1cc(Br)c2c(c1)OCO2. The number of fused-ring (bicyclic) bond motifs is 1. The number of benzene rings is 1. The average Bonchev–Trinajstić information content (AvgIpc) is 3.08. The van der Waals surface area contributed by atoms with Crippen molar-refractivity contribution in [3.05, 3.63) is 52.3 Å². The number of aliphatic imine (C=N–C) groups is 1. The van der Waals surface area contributed by atoms with Gasteiger partial charge in [-0.3, -0.25) is 9.98 Å². The van der Waals surface area contributed by atoms with E-state index < -0.39 is 0 Å². The second-order valence-corrected chi connectivity index (χ2v) is 6.09. The molecule has 6 nitrogen and oxygen atoms in total. The van der Waals surface area contributed by atoms with E-state index in [-0.39, 0.29) is 6.79 Å². The van der Waals surface area contributed by atoms with Gasteiger partial charge < -0.3 is 20.1 Å². The molecule has 3 rings (SSSR count). The Balaban J connectivity index is 1.50. The van der Waals surface area contributed by atoms with Gasteiger partial charge in [-0.1, -0.05) is 6.07 Å². The molecule has 0 saturated carbocycles. The number of aromatic nitrogens is 1. The van der Waals surface area contributed by atoms with Crippen LogP contribution in [-0.4, -0.2) is 31.3 Å². The Kier molecular flexibility index (Phi) is 5.53. The molecule has 0 atom stereocenters. The highest BCUT2D eigenvalue weighted by atomic mass is 79.9. The lowest BCUT2D eigenvalue weighted by Crippen LogP contribution is -2.37. The summed E-state index contributed by atoms with van der Waals surface area (Å²) in [5.41, 5.74) is 2.14. The van der Waals surface area contributed by atoms with Gasteiger partial charge in [-0.05, 0) is 45.8 Å². The fourth-order valence-electron chi connectivity index (χ4n) is 2.38. The Hall–Kier alpha value is -2.28. The Bertz CT molecular complexity index is 722. The fourth-order valence-corrected chi connectivity index (χ4v) is 2.99. The number of nitrogens with zero attached hydrogens (tertiary/aromatic N) is 2. The zero-order valence-corrected chi connectivity index (χ0v) is 15.0. The van der Waals surface area contributed by atoms with Crippen LogP contribution in [0.4, 0.5) is 0 Å². The molecule has 0 fully saturated rings. The van der Waals surface area contributed by atoms with E-state index in [0.29, 0.717) is 6.54 Å². The summed E-state index contributed by atoms with van der Waals surface area (Å²) in [4.78, 5) is 8.54. The van der Waals surface area contributed by atoms with Crippen LogP contribution < -0.4 is 20.1 Å². The van der Waals surface area contributed by atoms with Crippen molar-refractivity contribution >= 4 is 21.9 Å². The highest BCUT2D eigenvalue weighted by Crippen LogP contribution is 2.39. The van der Waals surface area contributed by atoms with Crippen molar-refractivity contribution in [2.75, 3.05) is 20.4 Å². The molecule has 1 aromatic heterocycles. The highest BCUT2D eigenvalue weighted by Gasteiger charge is 2.17. The summed E-state index contributed by atoms with van der Waals surface area (Å²) >= 11 is 3.50. The lowest BCUT2D eigenvalue weighted by atomic mass is 10.2. The molecule has 1 aromatic carbocycles. The van der Waals surface area contributed by atoms with Crippen LogP contribution in [0, 0.1) is 0 Å². The van der Waals surface area contributed by atoms with Gasteiger partial charge in [-0.2, -0.15) is 0 Å². The molecule has 1 aliphatic heterocycles. The number of rotatable bonds is 5. The van der Waals surface area contributed by atoms with Crippen LogP contribution >= 0.6 is 15.9 Å². The maximum absolute atomic E-state index is 5.43. The van der Waals surface area contributed by atoms with Gasteiger partial charge in [0.15, 0.2) is 17.5 Å². The molecule has 0 bridgehead atoms. The highest BCUT2D eigenvalue weighted by molar-refractivity contribution is 9.10. The van der Waals surface area contributed by atoms with Gasteiger partial charge in [0.05, 0.1) is 4.47 Å². The number of guanidine groups is 1. The third-order valence-corrected chi connectivity index (χ3v) is 4.16. The predicted molar refractivity (Wildman–Crippen MR) is 96.4 cm³/mol. The standard InChI is InChI=1S/C17H19BrN4O2/c1-19-17(21-7-5-13-4-2-3-6-20-13)22-10-12-8-14(18)16-15(9-12)23-11-24-16/h2-4,6,8-9H,5,7,10-11H2,1H3,(H2,19,21,22). The number of hydrogen-bond acceptors (Lipinski definition) is 4. The second kappa shape index (κ2) is 8.01. The summed E-state index contributed by atoms with van der Waals surface area (Å²) in [6, 6.07) is 9.92. The molecule has 2 heterocycles. The van der Waals surface area contributed by atoms with Crippen molar-refractivity contribution in [3.63, 3.8) is 0 Å². The molecule has 2 aromatic rings. The molecule has 0 radical (unpaired) electrons. The first-order chi connectivity index (χ1) is 11.8. The van der Waals surface area contributed by atoms with E-state index >= 15 is 0 Å². The van der Waals surface area contributed by atoms with Gasteiger partial charge in [-0.15, -0.1) is 0 Å². The van der Waals surface area contributed by atoms with Crippen molar-refractivity contribution in [2.45, 2.75) is 13.0 Å². The molecule has 2 N–H and O–H groups in total. The molecule has 7 heteroatoms.